The van der Waals surface area contributed by atoms with Gasteiger partial charge in [0.1, 0.15) is 0 Å². The highest BCUT2D eigenvalue weighted by Gasteiger charge is 2.32. The summed E-state index contributed by atoms with van der Waals surface area (Å²) in [5, 5.41) is 6.83. The summed E-state index contributed by atoms with van der Waals surface area (Å²) in [7, 11) is 0. The molecule has 9 heteroatoms. The maximum Gasteiger partial charge on any atom is 0.296 e. The number of carbonyl (C=O) groups is 3. The van der Waals surface area contributed by atoms with Crippen molar-refractivity contribution in [2.45, 2.75) is 64.3 Å². The lowest BCUT2D eigenvalue weighted by atomic mass is 9.81. The van der Waals surface area contributed by atoms with E-state index in [1.165, 1.54) is 6.42 Å². The molecule has 1 saturated carbocycles. The van der Waals surface area contributed by atoms with Gasteiger partial charge in [0, 0.05) is 31.0 Å². The third kappa shape index (κ3) is 6.78. The zero-order valence-electron chi connectivity index (χ0n) is 21.0. The first-order chi connectivity index (χ1) is 17.5. The van der Waals surface area contributed by atoms with Crippen LogP contribution in [0.15, 0.2) is 34.9 Å². The average molecular weight is 497 g/mol. The highest BCUT2D eigenvalue weighted by Crippen LogP contribution is 2.31. The fraction of sp³-hybridized carbons (Fsp3) is 0.593. The van der Waals surface area contributed by atoms with Gasteiger partial charge in [0.2, 0.25) is 23.4 Å². The van der Waals surface area contributed by atoms with Gasteiger partial charge in [0.15, 0.2) is 0 Å². The van der Waals surface area contributed by atoms with Crippen LogP contribution in [-0.2, 0) is 14.3 Å². The first kappa shape index (κ1) is 26.0. The van der Waals surface area contributed by atoms with E-state index in [0.29, 0.717) is 50.9 Å². The highest BCUT2D eigenvalue weighted by molar-refractivity contribution is 5.99. The van der Waals surface area contributed by atoms with Crippen LogP contribution in [0.5, 0.6) is 0 Å². The highest BCUT2D eigenvalue weighted by atomic mass is 16.5. The van der Waals surface area contributed by atoms with Crippen LogP contribution < -0.4 is 5.32 Å². The first-order valence-electron chi connectivity index (χ1n) is 13.1. The van der Waals surface area contributed by atoms with Gasteiger partial charge in [0.05, 0.1) is 19.3 Å². The third-order valence-corrected chi connectivity index (χ3v) is 7.21. The first-order valence-corrected chi connectivity index (χ1v) is 13.1. The minimum Gasteiger partial charge on any atom is -0.378 e. The molecule has 2 aliphatic rings. The Balaban J connectivity index is 1.43. The van der Waals surface area contributed by atoms with Crippen molar-refractivity contribution >= 4 is 17.6 Å². The molecule has 2 aromatic rings. The second-order valence-corrected chi connectivity index (χ2v) is 9.76. The second-order valence-electron chi connectivity index (χ2n) is 9.76. The molecule has 2 atom stereocenters. The van der Waals surface area contributed by atoms with Crippen LogP contribution >= 0.6 is 0 Å². The Morgan fingerprint density at radius 1 is 1.08 bits per heavy atom. The summed E-state index contributed by atoms with van der Waals surface area (Å²) in [4.78, 5) is 45.6. The Morgan fingerprint density at radius 2 is 1.81 bits per heavy atom. The fourth-order valence-electron chi connectivity index (χ4n) is 5.08. The lowest BCUT2D eigenvalue weighted by molar-refractivity contribution is -0.140. The van der Waals surface area contributed by atoms with Crippen molar-refractivity contribution in [3.05, 3.63) is 36.2 Å². The maximum absolute atomic E-state index is 13.4. The molecule has 9 nitrogen and oxygen atoms in total. The van der Waals surface area contributed by atoms with Gasteiger partial charge in [-0.25, -0.2) is 0 Å². The van der Waals surface area contributed by atoms with Crippen molar-refractivity contribution in [3.63, 3.8) is 0 Å². The van der Waals surface area contributed by atoms with Crippen molar-refractivity contribution < 1.29 is 23.6 Å². The number of nitrogens with one attached hydrogen (secondary N) is 1. The van der Waals surface area contributed by atoms with E-state index >= 15 is 0 Å². The summed E-state index contributed by atoms with van der Waals surface area (Å²) < 4.78 is 10.6. The number of nitrogens with zero attached hydrogens (tertiary/aromatic N) is 3. The summed E-state index contributed by atoms with van der Waals surface area (Å²) in [6.45, 7) is 3.97. The Bertz CT molecular complexity index is 1010. The molecule has 2 fully saturated rings. The molecule has 1 aliphatic heterocycles. The number of hydrogen-bond donors (Lipinski definition) is 1. The summed E-state index contributed by atoms with van der Waals surface area (Å²) >= 11 is 0. The van der Waals surface area contributed by atoms with E-state index in [9.17, 15) is 14.4 Å². The Morgan fingerprint density at radius 3 is 2.50 bits per heavy atom. The molecule has 1 aliphatic carbocycles. The zero-order chi connectivity index (χ0) is 25.3. The number of aromatic nitrogens is 2. The molecule has 1 N–H and O–H groups in total. The average Bonchev–Trinajstić information content (AvgIpc) is 3.43. The molecule has 1 aromatic heterocycles. The summed E-state index contributed by atoms with van der Waals surface area (Å²) in [5.41, 5.74) is 0.742. The van der Waals surface area contributed by atoms with Crippen LogP contribution in [-0.4, -0.2) is 65.0 Å². The minimum absolute atomic E-state index is 0.0296. The second kappa shape index (κ2) is 12.8. The number of rotatable bonds is 10. The van der Waals surface area contributed by atoms with Crippen LogP contribution in [0.4, 0.5) is 0 Å². The van der Waals surface area contributed by atoms with E-state index in [-0.39, 0.29) is 24.1 Å². The SMILES string of the molecule is CCC(NC(=O)C(CC(=O)N1CCOCC1)CC1CCCCC1)C(=O)c1nc(-c2ccccc2)no1. The summed E-state index contributed by atoms with van der Waals surface area (Å²) in [6.07, 6.45) is 6.88. The molecule has 2 heterocycles. The van der Waals surface area contributed by atoms with E-state index in [2.05, 4.69) is 15.5 Å². The van der Waals surface area contributed by atoms with Gasteiger partial charge in [-0.1, -0.05) is 74.5 Å². The van der Waals surface area contributed by atoms with Gasteiger partial charge >= 0.3 is 0 Å². The van der Waals surface area contributed by atoms with E-state index in [1.54, 1.807) is 4.90 Å². The van der Waals surface area contributed by atoms with Gasteiger partial charge in [-0.2, -0.15) is 4.98 Å². The molecule has 1 aromatic carbocycles. The molecule has 0 spiro atoms. The third-order valence-electron chi connectivity index (χ3n) is 7.21. The quantitative estimate of drug-likeness (QED) is 0.499. The van der Waals surface area contributed by atoms with Gasteiger partial charge < -0.3 is 19.5 Å². The number of carbonyl (C=O) groups excluding carboxylic acids is 3. The summed E-state index contributed by atoms with van der Waals surface area (Å²) in [6, 6.07) is 8.46. The van der Waals surface area contributed by atoms with Gasteiger partial charge in [-0.15, -0.1) is 0 Å². The van der Waals surface area contributed by atoms with Gasteiger partial charge in [0.25, 0.3) is 5.89 Å². The monoisotopic (exact) mass is 496 g/mol. The zero-order valence-corrected chi connectivity index (χ0v) is 21.0. The molecular weight excluding hydrogens is 460 g/mol. The van der Waals surface area contributed by atoms with Crippen LogP contribution in [0.3, 0.4) is 0 Å². The molecule has 2 unspecified atom stereocenters. The van der Waals surface area contributed by atoms with E-state index in [4.69, 9.17) is 9.26 Å². The smallest absolute Gasteiger partial charge is 0.296 e. The van der Waals surface area contributed by atoms with Crippen molar-refractivity contribution in [1.82, 2.24) is 20.4 Å². The lowest BCUT2D eigenvalue weighted by Crippen LogP contribution is -2.46. The fourth-order valence-corrected chi connectivity index (χ4v) is 5.08. The molecule has 194 valence electrons. The van der Waals surface area contributed by atoms with Crippen LogP contribution in [0, 0.1) is 11.8 Å². The number of benzene rings is 1. The van der Waals surface area contributed by atoms with Crippen LogP contribution in [0.2, 0.25) is 0 Å². The Hall–Kier alpha value is -3.07. The number of morpholine rings is 1. The van der Waals surface area contributed by atoms with Crippen LogP contribution in [0.1, 0.15) is 69.0 Å². The van der Waals surface area contributed by atoms with Crippen molar-refractivity contribution in [1.29, 1.82) is 0 Å². The molecule has 1 saturated heterocycles. The molecule has 0 radical (unpaired) electrons. The maximum atomic E-state index is 13.4. The number of ketones is 1. The van der Waals surface area contributed by atoms with Crippen molar-refractivity contribution in [3.8, 4) is 11.4 Å². The molecular formula is C27H36N4O5. The topological polar surface area (TPSA) is 115 Å². The Labute approximate surface area is 212 Å². The van der Waals surface area contributed by atoms with Crippen LogP contribution in [0.25, 0.3) is 11.4 Å². The van der Waals surface area contributed by atoms with E-state index in [0.717, 1.165) is 31.2 Å². The normalized spacial score (nSPS) is 18.4. The van der Waals surface area contributed by atoms with Gasteiger partial charge in [-0.05, 0) is 18.8 Å². The molecule has 36 heavy (non-hydrogen) atoms. The number of ether oxygens (including phenoxy) is 1. The summed E-state index contributed by atoms with van der Waals surface area (Å²) in [5.74, 6) is -0.569. The van der Waals surface area contributed by atoms with E-state index < -0.39 is 17.7 Å². The molecule has 4 rings (SSSR count). The number of hydrogen-bond acceptors (Lipinski definition) is 7. The molecule has 2 amide bonds. The van der Waals surface area contributed by atoms with Crippen molar-refractivity contribution in [2.24, 2.45) is 11.8 Å². The number of amides is 2. The van der Waals surface area contributed by atoms with Crippen molar-refractivity contribution in [2.75, 3.05) is 26.3 Å². The predicted octanol–water partition coefficient (Wildman–Crippen LogP) is 3.65. The standard InChI is InChI=1S/C27H36N4O5/c1-2-22(24(33)27-29-25(30-36-27)20-11-7-4-8-12-20)28-26(34)21(17-19-9-5-3-6-10-19)18-23(32)31-13-15-35-16-14-31/h4,7-8,11-12,19,21-22H,2-3,5-6,9-10,13-18H2,1H3,(H,28,34). The molecule has 0 bridgehead atoms. The lowest BCUT2D eigenvalue weighted by Gasteiger charge is -2.30. The van der Waals surface area contributed by atoms with E-state index in [1.807, 2.05) is 37.3 Å². The van der Waals surface area contributed by atoms with Gasteiger partial charge in [-0.3, -0.25) is 14.4 Å². The number of Topliss-reactive ketones (excluding diaryl/α,β-unsaturated/α-hetero) is 1. The predicted molar refractivity (Wildman–Crippen MR) is 133 cm³/mol. The Kier molecular flexibility index (Phi) is 9.22. The minimum atomic E-state index is -0.797. The largest absolute Gasteiger partial charge is 0.378 e.